The van der Waals surface area contributed by atoms with Crippen molar-refractivity contribution >= 4 is 6.09 Å². The van der Waals surface area contributed by atoms with Gasteiger partial charge in [-0.2, -0.15) is 0 Å². The van der Waals surface area contributed by atoms with Crippen molar-refractivity contribution < 1.29 is 9.53 Å². The van der Waals surface area contributed by atoms with E-state index in [4.69, 9.17) is 4.74 Å². The number of carbonyl (C=O) groups excluding carboxylic acids is 1. The van der Waals surface area contributed by atoms with Crippen LogP contribution in [0.25, 0.3) is 0 Å². The van der Waals surface area contributed by atoms with Crippen LogP contribution in [0.15, 0.2) is 43.0 Å². The van der Waals surface area contributed by atoms with Gasteiger partial charge in [-0.25, -0.2) is 4.79 Å². The van der Waals surface area contributed by atoms with Crippen LogP contribution in [0.4, 0.5) is 4.79 Å². The minimum atomic E-state index is -0.457. The quantitative estimate of drug-likeness (QED) is 0.753. The van der Waals surface area contributed by atoms with Crippen LogP contribution in [-0.4, -0.2) is 47.2 Å². The summed E-state index contributed by atoms with van der Waals surface area (Å²) in [5.74, 6) is 1.00. The number of hydrogen-bond acceptors (Lipinski definition) is 3. The molecule has 4 nitrogen and oxygen atoms in total. The van der Waals surface area contributed by atoms with Crippen molar-refractivity contribution in [1.82, 2.24) is 9.80 Å². The van der Waals surface area contributed by atoms with E-state index in [1.807, 2.05) is 31.7 Å². The van der Waals surface area contributed by atoms with Crippen LogP contribution in [0.2, 0.25) is 0 Å². The second kappa shape index (κ2) is 7.83. The zero-order valence-electron chi connectivity index (χ0n) is 16.4. The molecule has 0 aliphatic carbocycles. The summed E-state index contributed by atoms with van der Waals surface area (Å²) in [6.07, 6.45) is 3.80. The molecule has 1 aromatic carbocycles. The van der Waals surface area contributed by atoms with E-state index in [1.165, 1.54) is 12.0 Å². The Morgan fingerprint density at radius 1 is 1.23 bits per heavy atom. The fraction of sp³-hybridized carbons (Fsp3) is 0.591. The van der Waals surface area contributed by atoms with E-state index < -0.39 is 5.60 Å². The third kappa shape index (κ3) is 4.67. The summed E-state index contributed by atoms with van der Waals surface area (Å²) in [5.41, 5.74) is 0.901. The SMILES string of the molecule is C=CCC1C2CC(CN(Cc3ccccc3)C2)CN1C(=O)OC(C)(C)C. The van der Waals surface area contributed by atoms with E-state index in [0.29, 0.717) is 11.8 Å². The number of piperidine rings is 2. The van der Waals surface area contributed by atoms with Crippen LogP contribution < -0.4 is 0 Å². The van der Waals surface area contributed by atoms with E-state index >= 15 is 0 Å². The highest BCUT2D eigenvalue weighted by Crippen LogP contribution is 2.36. The number of fused-ring (bicyclic) bond motifs is 2. The Hall–Kier alpha value is -1.81. The Morgan fingerprint density at radius 2 is 1.96 bits per heavy atom. The van der Waals surface area contributed by atoms with E-state index in [0.717, 1.165) is 32.6 Å². The number of benzene rings is 1. The number of nitrogens with zero attached hydrogens (tertiary/aromatic N) is 2. The van der Waals surface area contributed by atoms with Gasteiger partial charge in [-0.1, -0.05) is 36.4 Å². The Kier molecular flexibility index (Phi) is 5.71. The minimum Gasteiger partial charge on any atom is -0.444 e. The van der Waals surface area contributed by atoms with Crippen LogP contribution in [0.5, 0.6) is 0 Å². The number of amides is 1. The van der Waals surface area contributed by atoms with Gasteiger partial charge in [0.25, 0.3) is 0 Å². The first-order valence-corrected chi connectivity index (χ1v) is 9.72. The third-order valence-electron chi connectivity index (χ3n) is 5.33. The molecule has 3 rings (SSSR count). The summed E-state index contributed by atoms with van der Waals surface area (Å²) in [6, 6.07) is 10.8. The zero-order valence-corrected chi connectivity index (χ0v) is 16.4. The first kappa shape index (κ1) is 19.0. The van der Waals surface area contributed by atoms with E-state index in [9.17, 15) is 4.79 Å². The maximum atomic E-state index is 12.8. The van der Waals surface area contributed by atoms with Crippen LogP contribution >= 0.6 is 0 Å². The molecular weight excluding hydrogens is 324 g/mol. The maximum absolute atomic E-state index is 12.8. The molecule has 2 heterocycles. The van der Waals surface area contributed by atoms with Gasteiger partial charge < -0.3 is 9.64 Å². The molecule has 1 amide bonds. The lowest BCUT2D eigenvalue weighted by Crippen LogP contribution is -2.59. The molecule has 26 heavy (non-hydrogen) atoms. The Labute approximate surface area is 157 Å². The van der Waals surface area contributed by atoms with Gasteiger partial charge in [0.05, 0.1) is 0 Å². The molecule has 1 aromatic rings. The van der Waals surface area contributed by atoms with Gasteiger partial charge in [0, 0.05) is 32.2 Å². The van der Waals surface area contributed by atoms with Gasteiger partial charge in [0.2, 0.25) is 0 Å². The summed E-state index contributed by atoms with van der Waals surface area (Å²) in [7, 11) is 0. The highest BCUT2D eigenvalue weighted by molar-refractivity contribution is 5.69. The lowest BCUT2D eigenvalue weighted by atomic mass is 9.78. The fourth-order valence-corrected chi connectivity index (χ4v) is 4.42. The van der Waals surface area contributed by atoms with Crippen molar-refractivity contribution in [1.29, 1.82) is 0 Å². The molecule has 0 N–H and O–H groups in total. The van der Waals surface area contributed by atoms with Gasteiger partial charge in [-0.3, -0.25) is 4.90 Å². The molecule has 2 bridgehead atoms. The second-order valence-corrected chi connectivity index (χ2v) is 8.77. The summed E-state index contributed by atoms with van der Waals surface area (Å²) in [4.78, 5) is 17.3. The first-order valence-electron chi connectivity index (χ1n) is 9.72. The van der Waals surface area contributed by atoms with Crippen molar-refractivity contribution in [3.63, 3.8) is 0 Å². The number of ether oxygens (including phenoxy) is 1. The average molecular weight is 357 g/mol. The van der Waals surface area contributed by atoms with Gasteiger partial charge >= 0.3 is 6.09 Å². The van der Waals surface area contributed by atoms with Crippen LogP contribution in [0.1, 0.15) is 39.2 Å². The molecule has 2 saturated heterocycles. The molecule has 4 heteroatoms. The van der Waals surface area contributed by atoms with Crippen molar-refractivity contribution in [2.24, 2.45) is 11.8 Å². The molecule has 2 fully saturated rings. The predicted octanol–water partition coefficient (Wildman–Crippen LogP) is 4.32. The van der Waals surface area contributed by atoms with Gasteiger partial charge in [-0.05, 0) is 51.0 Å². The lowest BCUT2D eigenvalue weighted by Gasteiger charge is -2.50. The summed E-state index contributed by atoms with van der Waals surface area (Å²) in [6.45, 7) is 13.6. The third-order valence-corrected chi connectivity index (χ3v) is 5.33. The molecule has 3 unspecified atom stereocenters. The molecular formula is C22H32N2O2. The van der Waals surface area contributed by atoms with Gasteiger partial charge in [-0.15, -0.1) is 6.58 Å². The molecule has 0 spiro atoms. The summed E-state index contributed by atoms with van der Waals surface area (Å²) < 4.78 is 5.68. The number of likely N-dealkylation sites (tertiary alicyclic amines) is 2. The first-order chi connectivity index (χ1) is 12.4. The van der Waals surface area contributed by atoms with Crippen molar-refractivity contribution in [2.75, 3.05) is 19.6 Å². The van der Waals surface area contributed by atoms with Gasteiger partial charge in [0.1, 0.15) is 5.60 Å². The minimum absolute atomic E-state index is 0.171. The molecule has 0 aromatic heterocycles. The van der Waals surface area contributed by atoms with E-state index in [-0.39, 0.29) is 12.1 Å². The maximum Gasteiger partial charge on any atom is 0.410 e. The molecule has 142 valence electrons. The van der Waals surface area contributed by atoms with E-state index in [2.05, 4.69) is 41.8 Å². The largest absolute Gasteiger partial charge is 0.444 e. The molecule has 2 aliphatic rings. The second-order valence-electron chi connectivity index (χ2n) is 8.77. The normalized spacial score (nSPS) is 26.4. The summed E-state index contributed by atoms with van der Waals surface area (Å²) >= 11 is 0. The fourth-order valence-electron chi connectivity index (χ4n) is 4.42. The molecule has 0 radical (unpaired) electrons. The van der Waals surface area contributed by atoms with E-state index in [1.54, 1.807) is 0 Å². The zero-order chi connectivity index (χ0) is 18.7. The topological polar surface area (TPSA) is 32.8 Å². The van der Waals surface area contributed by atoms with Crippen molar-refractivity contribution in [3.8, 4) is 0 Å². The molecule has 2 aliphatic heterocycles. The van der Waals surface area contributed by atoms with Crippen LogP contribution in [0, 0.1) is 11.8 Å². The number of rotatable bonds is 4. The average Bonchev–Trinajstić information content (AvgIpc) is 2.56. The summed E-state index contributed by atoms with van der Waals surface area (Å²) in [5, 5.41) is 0. The smallest absolute Gasteiger partial charge is 0.410 e. The Balaban J connectivity index is 1.71. The lowest BCUT2D eigenvalue weighted by molar-refractivity contribution is -0.0370. The Morgan fingerprint density at radius 3 is 2.62 bits per heavy atom. The highest BCUT2D eigenvalue weighted by Gasteiger charge is 2.43. The number of hydrogen-bond donors (Lipinski definition) is 0. The Bertz CT molecular complexity index is 623. The van der Waals surface area contributed by atoms with Gasteiger partial charge in [0.15, 0.2) is 0 Å². The van der Waals surface area contributed by atoms with Crippen molar-refractivity contribution in [3.05, 3.63) is 48.6 Å². The monoisotopic (exact) mass is 356 g/mol. The van der Waals surface area contributed by atoms with Crippen LogP contribution in [0.3, 0.4) is 0 Å². The number of carbonyl (C=O) groups is 1. The highest BCUT2D eigenvalue weighted by atomic mass is 16.6. The van der Waals surface area contributed by atoms with Crippen molar-refractivity contribution in [2.45, 2.75) is 51.8 Å². The van der Waals surface area contributed by atoms with Crippen LogP contribution in [-0.2, 0) is 11.3 Å². The standard InChI is InChI=1S/C22H32N2O2/c1-5-9-20-19-12-18(15-24(20)21(25)26-22(2,3)4)14-23(16-19)13-17-10-7-6-8-11-17/h5-8,10-11,18-20H,1,9,12-16H2,2-4H3. The molecule has 3 atom stereocenters. The molecule has 0 saturated carbocycles. The predicted molar refractivity (Wildman–Crippen MR) is 105 cm³/mol.